The van der Waals surface area contributed by atoms with Gasteiger partial charge in [-0.15, -0.1) is 9.24 Å². The Kier molecular flexibility index (Phi) is 7.26. The van der Waals surface area contributed by atoms with Crippen LogP contribution in [0.4, 0.5) is 0 Å². The average Bonchev–Trinajstić information content (AvgIpc) is 2.88. The second-order valence-corrected chi connectivity index (χ2v) is 10.1. The summed E-state index contributed by atoms with van der Waals surface area (Å²) in [5, 5.41) is 0. The number of piperidine rings is 1. The fourth-order valence-corrected chi connectivity index (χ4v) is 5.81. The van der Waals surface area contributed by atoms with Crippen LogP contribution in [0.15, 0.2) is 34.3 Å². The molecule has 3 unspecified atom stereocenters. The van der Waals surface area contributed by atoms with E-state index in [2.05, 4.69) is 57.4 Å². The van der Waals surface area contributed by atoms with Gasteiger partial charge in [0.25, 0.3) is 0 Å². The second-order valence-electron chi connectivity index (χ2n) is 8.06. The highest BCUT2D eigenvalue weighted by molar-refractivity contribution is 8.00. The van der Waals surface area contributed by atoms with E-state index in [9.17, 15) is 0 Å². The number of rotatable bonds is 3. The molecule has 0 amide bonds. The molecule has 3 aliphatic rings. The van der Waals surface area contributed by atoms with Gasteiger partial charge in [0, 0.05) is 30.0 Å². The van der Waals surface area contributed by atoms with Crippen molar-refractivity contribution >= 4 is 21.2 Å². The molecule has 0 saturated carbocycles. The highest BCUT2D eigenvalue weighted by Crippen LogP contribution is 2.36. The van der Waals surface area contributed by atoms with Gasteiger partial charge in [0.05, 0.1) is 0 Å². The summed E-state index contributed by atoms with van der Waals surface area (Å²) in [6, 6.07) is 0.816. The summed E-state index contributed by atoms with van der Waals surface area (Å²) in [5.74, 6) is 0.529. The smallest absolute Gasteiger partial charge is 0.0120 e. The summed E-state index contributed by atoms with van der Waals surface area (Å²) in [4.78, 5) is 4.33. The number of nitrogens with zero attached hydrogens (tertiary/aromatic N) is 2. The van der Waals surface area contributed by atoms with Crippen molar-refractivity contribution in [2.75, 3.05) is 26.2 Å². The van der Waals surface area contributed by atoms with E-state index in [0.717, 1.165) is 11.7 Å². The molecule has 0 bridgehead atoms. The first-order valence-corrected chi connectivity index (χ1v) is 11.5. The third kappa shape index (κ3) is 5.45. The molecule has 2 nitrogen and oxygen atoms in total. The van der Waals surface area contributed by atoms with Crippen LogP contribution in [0.25, 0.3) is 0 Å². The maximum atomic E-state index is 3.05. The van der Waals surface area contributed by atoms with Crippen LogP contribution in [0.3, 0.4) is 0 Å². The summed E-state index contributed by atoms with van der Waals surface area (Å²) in [7, 11) is 3.05. The fraction of sp³-hybridized carbons (Fsp3) is 0.714. The molecule has 140 valence electrons. The molecule has 2 saturated heterocycles. The molecule has 3 atom stereocenters. The first-order valence-electron chi connectivity index (χ1n) is 10.0. The Bertz CT molecular complexity index is 546. The minimum atomic E-state index is 0.529. The van der Waals surface area contributed by atoms with Gasteiger partial charge in [-0.2, -0.15) is 0 Å². The van der Waals surface area contributed by atoms with Gasteiger partial charge in [0.2, 0.25) is 0 Å². The van der Waals surface area contributed by atoms with Crippen LogP contribution in [-0.4, -0.2) is 47.1 Å². The Hall–Kier alpha value is -0.0800. The fourth-order valence-electron chi connectivity index (χ4n) is 4.31. The van der Waals surface area contributed by atoms with E-state index >= 15 is 0 Å². The minimum Gasteiger partial charge on any atom is -0.300 e. The molecular weight excluding hydrogens is 343 g/mol. The van der Waals surface area contributed by atoms with Crippen molar-refractivity contribution in [1.82, 2.24) is 9.21 Å². The van der Waals surface area contributed by atoms with Crippen molar-refractivity contribution in [1.29, 1.82) is 0 Å². The van der Waals surface area contributed by atoms with Crippen LogP contribution in [0, 0.1) is 5.92 Å². The van der Waals surface area contributed by atoms with Gasteiger partial charge in [0.15, 0.2) is 0 Å². The van der Waals surface area contributed by atoms with Crippen LogP contribution < -0.4 is 0 Å². The van der Waals surface area contributed by atoms with E-state index < -0.39 is 0 Å². The van der Waals surface area contributed by atoms with Crippen molar-refractivity contribution < 1.29 is 0 Å². The van der Waals surface area contributed by atoms with Gasteiger partial charge in [-0.1, -0.05) is 30.7 Å². The molecular formula is C21H35N2PS. The normalized spacial score (nSPS) is 31.0. The first kappa shape index (κ1) is 19.7. The monoisotopic (exact) mass is 378 g/mol. The Morgan fingerprint density at radius 3 is 2.56 bits per heavy atom. The molecule has 0 radical (unpaired) electrons. The zero-order chi connectivity index (χ0) is 17.8. The lowest BCUT2D eigenvalue weighted by molar-refractivity contribution is 0.147. The lowest BCUT2D eigenvalue weighted by atomic mass is 10.0. The Balaban J connectivity index is 1.54. The molecule has 2 fully saturated rings. The summed E-state index contributed by atoms with van der Waals surface area (Å²) >= 11 is 2.02. The summed E-state index contributed by atoms with van der Waals surface area (Å²) in [6.07, 6.45) is 13.8. The summed E-state index contributed by atoms with van der Waals surface area (Å²) in [5.41, 5.74) is 3.66. The van der Waals surface area contributed by atoms with Crippen LogP contribution in [0.1, 0.15) is 52.9 Å². The largest absolute Gasteiger partial charge is 0.300 e. The summed E-state index contributed by atoms with van der Waals surface area (Å²) in [6.45, 7) is 11.9. The van der Waals surface area contributed by atoms with Gasteiger partial charge in [-0.25, -0.2) is 4.31 Å². The second kappa shape index (κ2) is 9.22. The molecule has 0 aromatic heterocycles. The number of hydrogen-bond acceptors (Lipinski definition) is 3. The highest BCUT2D eigenvalue weighted by atomic mass is 32.2. The van der Waals surface area contributed by atoms with Gasteiger partial charge in [-0.05, 0) is 82.2 Å². The molecule has 25 heavy (non-hydrogen) atoms. The maximum Gasteiger partial charge on any atom is 0.0120 e. The lowest BCUT2D eigenvalue weighted by Crippen LogP contribution is -2.43. The molecule has 1 aliphatic carbocycles. The van der Waals surface area contributed by atoms with Crippen molar-refractivity contribution in [3.63, 3.8) is 0 Å². The third-order valence-electron chi connectivity index (χ3n) is 5.87. The van der Waals surface area contributed by atoms with Crippen LogP contribution >= 0.6 is 21.2 Å². The van der Waals surface area contributed by atoms with E-state index in [4.69, 9.17) is 0 Å². The van der Waals surface area contributed by atoms with Crippen molar-refractivity contribution in [2.45, 2.75) is 64.6 Å². The number of likely N-dealkylation sites (tertiary alicyclic amines) is 1. The predicted molar refractivity (Wildman–Crippen MR) is 116 cm³/mol. The predicted octanol–water partition coefficient (Wildman–Crippen LogP) is 5.25. The number of hydrogen-bond donors (Lipinski definition) is 0. The van der Waals surface area contributed by atoms with Crippen molar-refractivity contribution in [3.05, 3.63) is 34.3 Å². The standard InChI is InChI=1S/C21H35N2PS/c1-16-6-7-17(2)21(18(3)15-16)25-23-13-8-19(9-14-23)22-11-4-5-20(24)10-12-22/h6-7,15,17,19-20H,4-5,8-14,24H2,1-3H3. The van der Waals surface area contributed by atoms with E-state index in [1.54, 1.807) is 0 Å². The SMILES string of the molecule is CC1=CC(C)=C(SN2CCC(N3CCCC(P)CC3)CC2)C(C)C=C1. The average molecular weight is 379 g/mol. The zero-order valence-corrected chi connectivity index (χ0v) is 18.2. The highest BCUT2D eigenvalue weighted by Gasteiger charge is 2.27. The minimum absolute atomic E-state index is 0.529. The van der Waals surface area contributed by atoms with E-state index in [-0.39, 0.29) is 0 Å². The van der Waals surface area contributed by atoms with E-state index in [1.165, 1.54) is 74.3 Å². The quantitative estimate of drug-likeness (QED) is 0.489. The van der Waals surface area contributed by atoms with Gasteiger partial charge in [0.1, 0.15) is 0 Å². The maximum absolute atomic E-state index is 3.05. The molecule has 3 rings (SSSR count). The molecule has 0 aromatic carbocycles. The first-order chi connectivity index (χ1) is 12.0. The Morgan fingerprint density at radius 2 is 1.80 bits per heavy atom. The van der Waals surface area contributed by atoms with Crippen LogP contribution in [0.2, 0.25) is 0 Å². The van der Waals surface area contributed by atoms with Crippen molar-refractivity contribution in [2.24, 2.45) is 5.92 Å². The molecule has 2 aliphatic heterocycles. The molecule has 4 heteroatoms. The molecule has 0 spiro atoms. The molecule has 0 aromatic rings. The third-order valence-corrected chi connectivity index (χ3v) is 8.05. The lowest BCUT2D eigenvalue weighted by Gasteiger charge is -2.38. The van der Waals surface area contributed by atoms with Gasteiger partial charge in [-0.3, -0.25) is 0 Å². The van der Waals surface area contributed by atoms with E-state index in [0.29, 0.717) is 5.92 Å². The number of allylic oxidation sites excluding steroid dienone is 6. The van der Waals surface area contributed by atoms with Gasteiger partial charge < -0.3 is 4.90 Å². The van der Waals surface area contributed by atoms with Crippen LogP contribution in [-0.2, 0) is 0 Å². The topological polar surface area (TPSA) is 6.48 Å². The summed E-state index contributed by atoms with van der Waals surface area (Å²) < 4.78 is 2.62. The van der Waals surface area contributed by atoms with Gasteiger partial charge >= 0.3 is 0 Å². The van der Waals surface area contributed by atoms with E-state index in [1.807, 2.05) is 11.9 Å². The molecule has 2 heterocycles. The van der Waals surface area contributed by atoms with Crippen molar-refractivity contribution in [3.8, 4) is 0 Å². The Morgan fingerprint density at radius 1 is 1.04 bits per heavy atom. The van der Waals surface area contributed by atoms with Crippen LogP contribution in [0.5, 0.6) is 0 Å². The Labute approximate surface area is 161 Å². The zero-order valence-electron chi connectivity index (χ0n) is 16.2. The molecule has 0 N–H and O–H groups in total.